The lowest BCUT2D eigenvalue weighted by Gasteiger charge is -2.34. The second kappa shape index (κ2) is 10.2. The van der Waals surface area contributed by atoms with Gasteiger partial charge in [0, 0.05) is 43.6 Å². The first-order valence-corrected chi connectivity index (χ1v) is 10.7. The molecular formula is C24H26FN5O3. The lowest BCUT2D eigenvalue weighted by Crippen LogP contribution is -2.50. The fourth-order valence-electron chi connectivity index (χ4n) is 3.50. The number of carbonyl (C=O) groups is 1. The molecule has 33 heavy (non-hydrogen) atoms. The minimum Gasteiger partial charge on any atom is -0.497 e. The van der Waals surface area contributed by atoms with Crippen LogP contribution in [0.3, 0.4) is 0 Å². The molecule has 0 unspecified atom stereocenters. The van der Waals surface area contributed by atoms with Gasteiger partial charge in [0.2, 0.25) is 5.95 Å². The molecule has 9 heteroatoms. The first kappa shape index (κ1) is 22.3. The maximum atomic E-state index is 13.0. The topological polar surface area (TPSA) is 79.8 Å². The minimum absolute atomic E-state index is 0.0808. The molecule has 1 fully saturated rings. The predicted molar refractivity (Wildman–Crippen MR) is 124 cm³/mol. The van der Waals surface area contributed by atoms with Crippen LogP contribution in [-0.2, 0) is 4.79 Å². The number of nitrogens with zero attached hydrogens (tertiary/aromatic N) is 4. The van der Waals surface area contributed by atoms with Crippen molar-refractivity contribution in [2.24, 2.45) is 0 Å². The molecular weight excluding hydrogens is 425 g/mol. The molecule has 0 aliphatic carbocycles. The highest BCUT2D eigenvalue weighted by molar-refractivity contribution is 5.78. The lowest BCUT2D eigenvalue weighted by molar-refractivity contribution is -0.133. The maximum absolute atomic E-state index is 13.0. The highest BCUT2D eigenvalue weighted by atomic mass is 19.1. The van der Waals surface area contributed by atoms with Crippen LogP contribution in [0.15, 0.2) is 54.6 Å². The Hall–Kier alpha value is -3.88. The molecule has 0 bridgehead atoms. The number of ether oxygens (including phenoxy) is 2. The molecule has 172 valence electrons. The van der Waals surface area contributed by atoms with Gasteiger partial charge >= 0.3 is 0 Å². The van der Waals surface area contributed by atoms with Crippen molar-refractivity contribution in [1.29, 1.82) is 0 Å². The smallest absolute Gasteiger partial charge is 0.260 e. The molecule has 0 saturated carbocycles. The zero-order chi connectivity index (χ0) is 23.2. The van der Waals surface area contributed by atoms with Gasteiger partial charge < -0.3 is 24.6 Å². The summed E-state index contributed by atoms with van der Waals surface area (Å²) < 4.78 is 23.7. The van der Waals surface area contributed by atoms with Crippen LogP contribution in [-0.4, -0.2) is 60.7 Å². The van der Waals surface area contributed by atoms with E-state index in [1.54, 1.807) is 12.0 Å². The Morgan fingerprint density at radius 3 is 2.33 bits per heavy atom. The van der Waals surface area contributed by atoms with Crippen molar-refractivity contribution in [2.45, 2.75) is 6.92 Å². The van der Waals surface area contributed by atoms with Crippen molar-refractivity contribution in [1.82, 2.24) is 14.9 Å². The predicted octanol–water partition coefficient (Wildman–Crippen LogP) is 3.40. The first-order valence-electron chi connectivity index (χ1n) is 10.7. The van der Waals surface area contributed by atoms with Gasteiger partial charge in [-0.3, -0.25) is 4.79 Å². The van der Waals surface area contributed by atoms with E-state index in [4.69, 9.17) is 9.47 Å². The molecule has 1 saturated heterocycles. The third-order valence-electron chi connectivity index (χ3n) is 5.30. The third kappa shape index (κ3) is 5.88. The van der Waals surface area contributed by atoms with E-state index >= 15 is 0 Å². The highest BCUT2D eigenvalue weighted by Crippen LogP contribution is 2.21. The number of hydrogen-bond donors (Lipinski definition) is 1. The summed E-state index contributed by atoms with van der Waals surface area (Å²) in [6.45, 7) is 4.18. The number of halogens is 1. The highest BCUT2D eigenvalue weighted by Gasteiger charge is 2.23. The van der Waals surface area contributed by atoms with E-state index in [9.17, 15) is 9.18 Å². The zero-order valence-corrected chi connectivity index (χ0v) is 18.6. The molecule has 0 radical (unpaired) electrons. The largest absolute Gasteiger partial charge is 0.497 e. The van der Waals surface area contributed by atoms with Crippen molar-refractivity contribution in [3.63, 3.8) is 0 Å². The van der Waals surface area contributed by atoms with Crippen LogP contribution in [0.25, 0.3) is 0 Å². The Labute approximate surface area is 192 Å². The Bertz CT molecular complexity index is 1080. The molecule has 0 atom stereocenters. The Balaban J connectivity index is 1.33. The second-order valence-electron chi connectivity index (χ2n) is 7.66. The lowest BCUT2D eigenvalue weighted by atomic mass is 10.3. The number of benzene rings is 2. The molecule has 1 amide bonds. The average molecular weight is 452 g/mol. The maximum Gasteiger partial charge on any atom is 0.260 e. The summed E-state index contributed by atoms with van der Waals surface area (Å²) >= 11 is 0. The van der Waals surface area contributed by atoms with Crippen molar-refractivity contribution in [2.75, 3.05) is 50.1 Å². The molecule has 0 spiro atoms. The number of carbonyl (C=O) groups excluding carboxylic acids is 1. The van der Waals surface area contributed by atoms with Gasteiger partial charge in [0.15, 0.2) is 6.61 Å². The van der Waals surface area contributed by atoms with Crippen LogP contribution >= 0.6 is 0 Å². The van der Waals surface area contributed by atoms with Crippen molar-refractivity contribution in [3.05, 3.63) is 66.1 Å². The summed E-state index contributed by atoms with van der Waals surface area (Å²) in [5, 5.41) is 3.30. The second-order valence-corrected chi connectivity index (χ2v) is 7.66. The summed E-state index contributed by atoms with van der Waals surface area (Å²) in [5.74, 6) is 2.13. The zero-order valence-electron chi connectivity index (χ0n) is 18.6. The van der Waals surface area contributed by atoms with Crippen molar-refractivity contribution >= 4 is 23.4 Å². The van der Waals surface area contributed by atoms with Gasteiger partial charge in [0.05, 0.1) is 7.11 Å². The molecule has 8 nitrogen and oxygen atoms in total. The molecule has 2 aromatic carbocycles. The van der Waals surface area contributed by atoms with E-state index in [2.05, 4.69) is 20.2 Å². The quantitative estimate of drug-likeness (QED) is 0.590. The van der Waals surface area contributed by atoms with E-state index < -0.39 is 0 Å². The molecule has 1 aliphatic heterocycles. The number of nitrogens with one attached hydrogen (secondary N) is 1. The number of piperazine rings is 1. The summed E-state index contributed by atoms with van der Waals surface area (Å²) in [7, 11) is 1.63. The van der Waals surface area contributed by atoms with Gasteiger partial charge in [-0.15, -0.1) is 0 Å². The summed E-state index contributed by atoms with van der Waals surface area (Å²) in [4.78, 5) is 25.6. The number of aryl methyl sites for hydroxylation is 1. The summed E-state index contributed by atoms with van der Waals surface area (Å²) in [6, 6.07) is 15.1. The fraction of sp³-hybridized carbons (Fsp3) is 0.292. The summed E-state index contributed by atoms with van der Waals surface area (Å²) in [6.07, 6.45) is 0. The molecule has 1 aliphatic rings. The fourth-order valence-corrected chi connectivity index (χ4v) is 3.50. The monoisotopic (exact) mass is 451 g/mol. The number of aromatic nitrogens is 2. The van der Waals surface area contributed by atoms with Gasteiger partial charge in [-0.05, 0) is 55.5 Å². The van der Waals surface area contributed by atoms with Gasteiger partial charge in [-0.2, -0.15) is 4.98 Å². The van der Waals surface area contributed by atoms with Crippen LogP contribution in [0.2, 0.25) is 0 Å². The molecule has 1 aromatic heterocycles. The van der Waals surface area contributed by atoms with Crippen LogP contribution in [0.5, 0.6) is 11.5 Å². The van der Waals surface area contributed by atoms with Crippen LogP contribution < -0.4 is 19.7 Å². The molecule has 1 N–H and O–H groups in total. The van der Waals surface area contributed by atoms with Crippen molar-refractivity contribution in [3.8, 4) is 11.5 Å². The standard InChI is InChI=1S/C24H26FN5O3/c1-17-15-22(27-19-5-9-20(32-2)10-6-19)28-24(26-17)30-13-11-29(12-14-30)23(31)16-33-21-7-3-18(25)4-8-21/h3-10,15H,11-14,16H2,1-2H3,(H,26,27,28). The number of methoxy groups -OCH3 is 1. The first-order chi connectivity index (χ1) is 16.0. The van der Waals surface area contributed by atoms with Crippen LogP contribution in [0.1, 0.15) is 5.69 Å². The van der Waals surface area contributed by atoms with Gasteiger partial charge in [-0.1, -0.05) is 0 Å². The van der Waals surface area contributed by atoms with E-state index in [1.807, 2.05) is 37.3 Å². The van der Waals surface area contributed by atoms with Gasteiger partial charge in [0.1, 0.15) is 23.1 Å². The number of rotatable bonds is 7. The van der Waals surface area contributed by atoms with Gasteiger partial charge in [-0.25, -0.2) is 9.37 Å². The average Bonchev–Trinajstić information content (AvgIpc) is 2.84. The van der Waals surface area contributed by atoms with E-state index in [1.165, 1.54) is 24.3 Å². The SMILES string of the molecule is COc1ccc(Nc2cc(C)nc(N3CCN(C(=O)COc4ccc(F)cc4)CC3)n2)cc1. The van der Waals surface area contributed by atoms with Gasteiger partial charge in [0.25, 0.3) is 5.91 Å². The Kier molecular flexibility index (Phi) is 6.87. The van der Waals surface area contributed by atoms with Crippen LogP contribution in [0.4, 0.5) is 21.8 Å². The van der Waals surface area contributed by atoms with E-state index in [0.29, 0.717) is 43.7 Å². The number of anilines is 3. The van der Waals surface area contributed by atoms with E-state index in [0.717, 1.165) is 17.1 Å². The number of hydrogen-bond acceptors (Lipinski definition) is 7. The minimum atomic E-state index is -0.342. The Morgan fingerprint density at radius 2 is 1.67 bits per heavy atom. The third-order valence-corrected chi connectivity index (χ3v) is 5.30. The normalized spacial score (nSPS) is 13.5. The molecule has 4 rings (SSSR count). The van der Waals surface area contributed by atoms with Crippen LogP contribution in [0, 0.1) is 12.7 Å². The summed E-state index contributed by atoms with van der Waals surface area (Å²) in [5.41, 5.74) is 1.75. The van der Waals surface area contributed by atoms with E-state index in [-0.39, 0.29) is 18.3 Å². The molecule has 2 heterocycles. The Morgan fingerprint density at radius 1 is 1.00 bits per heavy atom. The number of amides is 1. The molecule has 3 aromatic rings. The van der Waals surface area contributed by atoms with Crippen molar-refractivity contribution < 1.29 is 18.7 Å².